The third-order valence-electron chi connectivity index (χ3n) is 6.73. The van der Waals surface area contributed by atoms with Crippen molar-refractivity contribution >= 4 is 50.1 Å². The van der Waals surface area contributed by atoms with Crippen LogP contribution in [-0.4, -0.2) is 60.9 Å². The first-order valence-electron chi connectivity index (χ1n) is 12.2. The zero-order chi connectivity index (χ0) is 29.5. The van der Waals surface area contributed by atoms with Crippen LogP contribution in [0.2, 0.25) is 0 Å². The molecule has 214 valence electrons. The maximum Gasteiger partial charge on any atom is 0.490 e. The molecule has 0 spiro atoms. The largest absolute Gasteiger partial charge is 0.490 e. The van der Waals surface area contributed by atoms with Crippen LogP contribution in [0, 0.1) is 5.82 Å². The summed E-state index contributed by atoms with van der Waals surface area (Å²) in [7, 11) is 0. The molecule has 0 bridgehead atoms. The molecule has 1 amide bonds. The number of carbonyl (C=O) groups excluding carboxylic acids is 1. The second-order valence-corrected chi connectivity index (χ2v) is 10.2. The fourth-order valence-corrected chi connectivity index (χ4v) is 5.58. The molecule has 1 saturated heterocycles. The number of piperidine rings is 1. The first-order valence-corrected chi connectivity index (χ1v) is 13.1. The highest BCUT2D eigenvalue weighted by Gasteiger charge is 2.38. The van der Waals surface area contributed by atoms with E-state index in [2.05, 4.69) is 15.1 Å². The highest BCUT2D eigenvalue weighted by Crippen LogP contribution is 2.41. The summed E-state index contributed by atoms with van der Waals surface area (Å²) >= 11 is 1.41. The van der Waals surface area contributed by atoms with E-state index in [0.717, 1.165) is 47.1 Å². The van der Waals surface area contributed by atoms with Crippen molar-refractivity contribution in [2.75, 3.05) is 18.8 Å². The SMILES string of the molecule is CC(=O)N1CCC(n2cc(-c3cnc(N)c4oc(-c5csc6cncc(F)c56)cc34)cn2)CC1.O=C(O)C(F)(F)F. The molecule has 0 saturated carbocycles. The van der Waals surface area contributed by atoms with Crippen LogP contribution in [-0.2, 0) is 9.59 Å². The Bertz CT molecular complexity index is 1750. The summed E-state index contributed by atoms with van der Waals surface area (Å²) in [5.74, 6) is -2.24. The number of furan rings is 1. The van der Waals surface area contributed by atoms with Gasteiger partial charge in [-0.15, -0.1) is 11.3 Å². The number of nitrogens with two attached hydrogens (primary N) is 1. The summed E-state index contributed by atoms with van der Waals surface area (Å²) in [4.78, 5) is 30.6. The number of nitrogen functional groups attached to an aromatic ring is 1. The minimum absolute atomic E-state index is 0.111. The number of likely N-dealkylation sites (tertiary alicyclic amines) is 1. The Balaban J connectivity index is 0.000000431. The minimum Gasteiger partial charge on any atom is -0.475 e. The quantitative estimate of drug-likeness (QED) is 0.262. The lowest BCUT2D eigenvalue weighted by atomic mass is 10.0. The van der Waals surface area contributed by atoms with E-state index in [-0.39, 0.29) is 17.8 Å². The number of thiophene rings is 1. The van der Waals surface area contributed by atoms with E-state index in [1.165, 1.54) is 17.5 Å². The summed E-state index contributed by atoms with van der Waals surface area (Å²) in [6, 6.07) is 2.11. The van der Waals surface area contributed by atoms with Gasteiger partial charge in [-0.25, -0.2) is 14.2 Å². The lowest BCUT2D eigenvalue weighted by molar-refractivity contribution is -0.192. The molecule has 0 radical (unpaired) electrons. The molecular weight excluding hydrogens is 568 g/mol. The van der Waals surface area contributed by atoms with E-state index >= 15 is 0 Å². The van der Waals surface area contributed by atoms with Gasteiger partial charge in [0.05, 0.1) is 23.1 Å². The Morgan fingerprint density at radius 3 is 2.51 bits per heavy atom. The molecule has 0 aliphatic carbocycles. The molecule has 3 N–H and O–H groups in total. The molecule has 5 aromatic heterocycles. The summed E-state index contributed by atoms with van der Waals surface area (Å²) in [5.41, 5.74) is 8.99. The number of hydrogen-bond acceptors (Lipinski definition) is 8. The molecule has 6 heterocycles. The Hall–Kier alpha value is -4.53. The molecule has 0 atom stereocenters. The van der Waals surface area contributed by atoms with E-state index in [1.807, 2.05) is 33.4 Å². The van der Waals surface area contributed by atoms with Gasteiger partial charge in [-0.3, -0.25) is 14.5 Å². The van der Waals surface area contributed by atoms with Crippen LogP contribution in [0.3, 0.4) is 0 Å². The fourth-order valence-electron chi connectivity index (χ4n) is 4.66. The molecule has 1 aliphatic rings. The number of alkyl halides is 3. The summed E-state index contributed by atoms with van der Waals surface area (Å²) in [5, 5.41) is 14.9. The van der Waals surface area contributed by atoms with Gasteiger partial charge in [0.2, 0.25) is 5.91 Å². The topological polar surface area (TPSA) is 140 Å². The van der Waals surface area contributed by atoms with Crippen molar-refractivity contribution in [3.05, 3.63) is 48.2 Å². The molecule has 1 fully saturated rings. The van der Waals surface area contributed by atoms with Crippen molar-refractivity contribution in [2.45, 2.75) is 32.0 Å². The predicted molar refractivity (Wildman–Crippen MR) is 142 cm³/mol. The van der Waals surface area contributed by atoms with Gasteiger partial charge in [-0.2, -0.15) is 18.3 Å². The van der Waals surface area contributed by atoms with Crippen LogP contribution in [0.4, 0.5) is 23.4 Å². The number of nitrogens with zero attached hydrogens (tertiary/aromatic N) is 5. The summed E-state index contributed by atoms with van der Waals surface area (Å²) in [6.07, 6.45) is 5.01. The number of carbonyl (C=O) groups is 2. The van der Waals surface area contributed by atoms with E-state index in [1.54, 1.807) is 19.3 Å². The van der Waals surface area contributed by atoms with Crippen molar-refractivity contribution in [1.82, 2.24) is 24.6 Å². The van der Waals surface area contributed by atoms with Crippen LogP contribution in [0.1, 0.15) is 25.8 Å². The molecule has 41 heavy (non-hydrogen) atoms. The molecule has 5 aromatic rings. The Morgan fingerprint density at radius 1 is 1.15 bits per heavy atom. The molecule has 6 rings (SSSR count). The van der Waals surface area contributed by atoms with Gasteiger partial charge < -0.3 is 20.2 Å². The van der Waals surface area contributed by atoms with E-state index in [0.29, 0.717) is 22.3 Å². The van der Waals surface area contributed by atoms with E-state index < -0.39 is 18.0 Å². The Labute approximate surface area is 233 Å². The van der Waals surface area contributed by atoms with Crippen LogP contribution < -0.4 is 5.73 Å². The standard InChI is InChI=1S/C24H21FN6O2S.C2HF3O2/c1-13(32)30-4-2-15(3-5-30)31-11-14(7-29-31)17-8-28-24(26)23-16(17)6-20(33-23)18-12-34-21-10-27-9-19(25)22(18)21;3-2(4,5)1(6)7/h6-12,15H,2-5H2,1H3,(H2,26,28);(H,6,7). The minimum atomic E-state index is -5.08. The van der Waals surface area contributed by atoms with Crippen molar-refractivity contribution in [1.29, 1.82) is 0 Å². The van der Waals surface area contributed by atoms with Gasteiger partial charge in [0, 0.05) is 71.4 Å². The molecule has 10 nitrogen and oxygen atoms in total. The number of hydrogen-bond donors (Lipinski definition) is 2. The van der Waals surface area contributed by atoms with Gasteiger partial charge in [-0.05, 0) is 18.9 Å². The molecule has 0 unspecified atom stereocenters. The average Bonchev–Trinajstić information content (AvgIpc) is 3.68. The van der Waals surface area contributed by atoms with Crippen molar-refractivity contribution in [2.24, 2.45) is 0 Å². The maximum atomic E-state index is 14.5. The number of anilines is 1. The zero-order valence-electron chi connectivity index (χ0n) is 21.4. The molecular formula is C26H22F4N6O4S. The first kappa shape index (κ1) is 28.0. The zero-order valence-corrected chi connectivity index (χ0v) is 22.2. The van der Waals surface area contributed by atoms with Crippen LogP contribution in [0.5, 0.6) is 0 Å². The molecule has 15 heteroatoms. The summed E-state index contributed by atoms with van der Waals surface area (Å²) < 4.78 is 55.1. The lowest BCUT2D eigenvalue weighted by Crippen LogP contribution is -2.37. The number of amides is 1. The van der Waals surface area contributed by atoms with E-state index in [4.69, 9.17) is 20.1 Å². The van der Waals surface area contributed by atoms with Gasteiger partial charge in [0.15, 0.2) is 17.2 Å². The summed E-state index contributed by atoms with van der Waals surface area (Å²) in [6.45, 7) is 3.07. The van der Waals surface area contributed by atoms with Crippen molar-refractivity contribution < 1.29 is 36.7 Å². The van der Waals surface area contributed by atoms with Gasteiger partial charge in [-0.1, -0.05) is 0 Å². The van der Waals surface area contributed by atoms with Crippen LogP contribution in [0.15, 0.2) is 46.8 Å². The van der Waals surface area contributed by atoms with E-state index in [9.17, 15) is 22.4 Å². The second kappa shape index (κ2) is 10.8. The first-order chi connectivity index (χ1) is 19.4. The number of carboxylic acids is 1. The molecule has 1 aliphatic heterocycles. The number of aromatic nitrogens is 4. The normalized spacial score (nSPS) is 14.3. The lowest BCUT2D eigenvalue weighted by Gasteiger charge is -2.31. The van der Waals surface area contributed by atoms with Gasteiger partial charge >= 0.3 is 12.1 Å². The number of pyridine rings is 2. The average molecular weight is 591 g/mol. The van der Waals surface area contributed by atoms with Crippen molar-refractivity contribution in [3.63, 3.8) is 0 Å². The highest BCUT2D eigenvalue weighted by atomic mass is 32.1. The molecule has 0 aromatic carbocycles. The van der Waals surface area contributed by atoms with Gasteiger partial charge in [0.25, 0.3) is 0 Å². The number of fused-ring (bicyclic) bond motifs is 2. The highest BCUT2D eigenvalue weighted by molar-refractivity contribution is 7.17. The number of aliphatic carboxylic acids is 1. The monoisotopic (exact) mass is 590 g/mol. The van der Waals surface area contributed by atoms with Crippen molar-refractivity contribution in [3.8, 4) is 22.5 Å². The fraction of sp³-hybridized carbons (Fsp3) is 0.269. The second-order valence-electron chi connectivity index (χ2n) is 9.30. The maximum absolute atomic E-state index is 14.5. The number of halogens is 4. The smallest absolute Gasteiger partial charge is 0.475 e. The van der Waals surface area contributed by atoms with Crippen LogP contribution >= 0.6 is 11.3 Å². The Kier molecular flexibility index (Phi) is 7.38. The van der Waals surface area contributed by atoms with Crippen LogP contribution in [0.25, 0.3) is 43.5 Å². The number of rotatable bonds is 3. The Morgan fingerprint density at radius 2 is 1.85 bits per heavy atom. The third kappa shape index (κ3) is 5.57. The number of carboxylic acid groups (broad SMARTS) is 1. The van der Waals surface area contributed by atoms with Gasteiger partial charge in [0.1, 0.15) is 5.76 Å². The third-order valence-corrected chi connectivity index (χ3v) is 7.65. The predicted octanol–water partition coefficient (Wildman–Crippen LogP) is 5.51.